The lowest BCUT2D eigenvalue weighted by Gasteiger charge is -2.17. The van der Waals surface area contributed by atoms with Crippen LogP contribution in [-0.4, -0.2) is 17.1 Å². The molecule has 108 valence electrons. The van der Waals surface area contributed by atoms with Gasteiger partial charge in [-0.05, 0) is 40.9 Å². The SMILES string of the molecule is CC(C)C(C)NC(=O)c1c(-c2ccc(Br)s2)noc1N. The van der Waals surface area contributed by atoms with Gasteiger partial charge in [0.1, 0.15) is 11.3 Å². The highest BCUT2D eigenvalue weighted by Gasteiger charge is 2.25. The molecule has 0 fully saturated rings. The molecule has 0 spiro atoms. The lowest BCUT2D eigenvalue weighted by molar-refractivity contribution is 0.0931. The van der Waals surface area contributed by atoms with E-state index < -0.39 is 0 Å². The van der Waals surface area contributed by atoms with Crippen molar-refractivity contribution in [2.45, 2.75) is 26.8 Å². The monoisotopic (exact) mass is 357 g/mol. The highest BCUT2D eigenvalue weighted by molar-refractivity contribution is 9.11. The van der Waals surface area contributed by atoms with Crippen molar-refractivity contribution in [3.05, 3.63) is 21.5 Å². The lowest BCUT2D eigenvalue weighted by Crippen LogP contribution is -2.36. The van der Waals surface area contributed by atoms with Crippen LogP contribution in [0.4, 0.5) is 5.88 Å². The van der Waals surface area contributed by atoms with Crippen molar-refractivity contribution in [3.8, 4) is 10.6 Å². The first-order valence-corrected chi connectivity index (χ1v) is 7.82. The summed E-state index contributed by atoms with van der Waals surface area (Å²) < 4.78 is 5.94. The standard InChI is InChI=1S/C13H16BrN3O2S/c1-6(2)7(3)16-13(18)10-11(17-19-12(10)15)8-4-5-9(14)20-8/h4-7H,15H2,1-3H3,(H,16,18). The van der Waals surface area contributed by atoms with E-state index in [-0.39, 0.29) is 17.8 Å². The lowest BCUT2D eigenvalue weighted by atomic mass is 10.1. The molecule has 0 bridgehead atoms. The Morgan fingerprint density at radius 3 is 2.70 bits per heavy atom. The fraction of sp³-hybridized carbons (Fsp3) is 0.385. The summed E-state index contributed by atoms with van der Waals surface area (Å²) in [4.78, 5) is 13.2. The van der Waals surface area contributed by atoms with Crippen molar-refractivity contribution in [2.75, 3.05) is 5.73 Å². The Kier molecular flexibility index (Phi) is 4.49. The number of hydrogen-bond acceptors (Lipinski definition) is 5. The Morgan fingerprint density at radius 1 is 1.45 bits per heavy atom. The Balaban J connectivity index is 2.32. The largest absolute Gasteiger partial charge is 0.367 e. The van der Waals surface area contributed by atoms with Crippen LogP contribution in [0, 0.1) is 5.92 Å². The second-order valence-electron chi connectivity index (χ2n) is 4.88. The van der Waals surface area contributed by atoms with E-state index >= 15 is 0 Å². The molecule has 0 saturated heterocycles. The molecule has 2 aromatic heterocycles. The summed E-state index contributed by atoms with van der Waals surface area (Å²) >= 11 is 4.86. The number of thiophene rings is 1. The normalized spacial score (nSPS) is 12.7. The molecule has 5 nitrogen and oxygen atoms in total. The maximum Gasteiger partial charge on any atom is 0.259 e. The molecule has 7 heteroatoms. The highest BCUT2D eigenvalue weighted by atomic mass is 79.9. The fourth-order valence-corrected chi connectivity index (χ4v) is 2.95. The number of hydrogen-bond donors (Lipinski definition) is 2. The van der Waals surface area contributed by atoms with Crippen LogP contribution in [0.25, 0.3) is 10.6 Å². The molecule has 1 unspecified atom stereocenters. The zero-order valence-corrected chi connectivity index (χ0v) is 13.8. The van der Waals surface area contributed by atoms with Crippen LogP contribution in [0.1, 0.15) is 31.1 Å². The number of halogens is 1. The van der Waals surface area contributed by atoms with Crippen LogP contribution >= 0.6 is 27.3 Å². The molecular weight excluding hydrogens is 342 g/mol. The number of rotatable bonds is 4. The van der Waals surface area contributed by atoms with E-state index in [0.717, 1.165) is 8.66 Å². The first-order valence-electron chi connectivity index (χ1n) is 6.22. The van der Waals surface area contributed by atoms with E-state index in [0.29, 0.717) is 17.2 Å². The Morgan fingerprint density at radius 2 is 2.15 bits per heavy atom. The summed E-state index contributed by atoms with van der Waals surface area (Å²) in [5.41, 5.74) is 6.52. The van der Waals surface area contributed by atoms with Crippen molar-refractivity contribution in [1.82, 2.24) is 10.5 Å². The maximum absolute atomic E-state index is 12.3. The van der Waals surface area contributed by atoms with E-state index in [4.69, 9.17) is 10.3 Å². The van der Waals surface area contributed by atoms with Gasteiger partial charge < -0.3 is 15.6 Å². The van der Waals surface area contributed by atoms with Crippen molar-refractivity contribution >= 4 is 39.1 Å². The van der Waals surface area contributed by atoms with Crippen LogP contribution in [-0.2, 0) is 0 Å². The molecule has 20 heavy (non-hydrogen) atoms. The minimum Gasteiger partial charge on any atom is -0.367 e. The molecule has 2 rings (SSSR count). The Bertz CT molecular complexity index is 621. The summed E-state index contributed by atoms with van der Waals surface area (Å²) in [6.45, 7) is 6.03. The van der Waals surface area contributed by atoms with Gasteiger partial charge in [-0.1, -0.05) is 19.0 Å². The summed E-state index contributed by atoms with van der Waals surface area (Å²) in [5, 5.41) is 6.81. The van der Waals surface area contributed by atoms with Gasteiger partial charge in [-0.3, -0.25) is 4.79 Å². The second-order valence-corrected chi connectivity index (χ2v) is 7.34. The van der Waals surface area contributed by atoms with Crippen molar-refractivity contribution < 1.29 is 9.32 Å². The quantitative estimate of drug-likeness (QED) is 0.876. The van der Waals surface area contributed by atoms with E-state index in [1.165, 1.54) is 11.3 Å². The zero-order valence-electron chi connectivity index (χ0n) is 11.4. The van der Waals surface area contributed by atoms with Crippen LogP contribution in [0.15, 0.2) is 20.4 Å². The molecular formula is C13H16BrN3O2S. The molecule has 0 aliphatic rings. The fourth-order valence-electron chi connectivity index (χ4n) is 1.58. The number of anilines is 1. The number of aromatic nitrogens is 1. The van der Waals surface area contributed by atoms with Crippen LogP contribution in [0.2, 0.25) is 0 Å². The molecule has 0 aliphatic heterocycles. The third-order valence-electron chi connectivity index (χ3n) is 3.11. The third kappa shape index (κ3) is 3.04. The first-order chi connectivity index (χ1) is 9.40. The van der Waals surface area contributed by atoms with Gasteiger partial charge in [0, 0.05) is 6.04 Å². The number of nitrogens with zero attached hydrogens (tertiary/aromatic N) is 1. The second kappa shape index (κ2) is 5.97. The Hall–Kier alpha value is -1.34. The summed E-state index contributed by atoms with van der Waals surface area (Å²) in [5.74, 6) is 0.113. The van der Waals surface area contributed by atoms with E-state index in [1.807, 2.05) is 32.9 Å². The predicted molar refractivity (Wildman–Crippen MR) is 83.7 cm³/mol. The minimum atomic E-state index is -0.260. The predicted octanol–water partition coefficient (Wildman–Crippen LogP) is 3.52. The highest BCUT2D eigenvalue weighted by Crippen LogP contribution is 2.34. The molecule has 0 saturated carbocycles. The summed E-state index contributed by atoms with van der Waals surface area (Å²) in [6, 6.07) is 3.80. The third-order valence-corrected chi connectivity index (χ3v) is 4.74. The van der Waals surface area contributed by atoms with Crippen molar-refractivity contribution in [3.63, 3.8) is 0 Å². The zero-order chi connectivity index (χ0) is 14.9. The number of amides is 1. The van der Waals surface area contributed by atoms with E-state index in [2.05, 4.69) is 26.4 Å². The Labute approximate surface area is 129 Å². The van der Waals surface area contributed by atoms with Gasteiger partial charge in [0.25, 0.3) is 5.91 Å². The van der Waals surface area contributed by atoms with Gasteiger partial charge in [-0.25, -0.2) is 0 Å². The van der Waals surface area contributed by atoms with Crippen LogP contribution in [0.3, 0.4) is 0 Å². The van der Waals surface area contributed by atoms with Gasteiger partial charge in [0.15, 0.2) is 0 Å². The van der Waals surface area contributed by atoms with Gasteiger partial charge in [0.05, 0.1) is 8.66 Å². The number of nitrogens with one attached hydrogen (secondary N) is 1. The minimum absolute atomic E-state index is 0.0398. The first kappa shape index (κ1) is 15.1. The number of nitrogens with two attached hydrogens (primary N) is 1. The molecule has 0 aliphatic carbocycles. The topological polar surface area (TPSA) is 81.2 Å². The average Bonchev–Trinajstić information content (AvgIpc) is 2.95. The molecule has 1 atom stereocenters. The summed E-state index contributed by atoms with van der Waals surface area (Å²) in [6.07, 6.45) is 0. The number of carbonyl (C=O) groups excluding carboxylic acids is 1. The summed E-state index contributed by atoms with van der Waals surface area (Å²) in [7, 11) is 0. The van der Waals surface area contributed by atoms with Gasteiger partial charge in [-0.15, -0.1) is 11.3 Å². The number of nitrogen functional groups attached to an aromatic ring is 1. The van der Waals surface area contributed by atoms with Gasteiger partial charge >= 0.3 is 0 Å². The molecule has 3 N–H and O–H groups in total. The molecule has 1 amide bonds. The van der Waals surface area contributed by atoms with Crippen molar-refractivity contribution in [2.24, 2.45) is 5.92 Å². The van der Waals surface area contributed by atoms with E-state index in [9.17, 15) is 4.79 Å². The van der Waals surface area contributed by atoms with Crippen molar-refractivity contribution in [1.29, 1.82) is 0 Å². The molecule has 0 radical (unpaired) electrons. The molecule has 2 heterocycles. The van der Waals surface area contributed by atoms with Crippen LogP contribution in [0.5, 0.6) is 0 Å². The van der Waals surface area contributed by atoms with Crippen LogP contribution < -0.4 is 11.1 Å². The van der Waals surface area contributed by atoms with Gasteiger partial charge in [-0.2, -0.15) is 0 Å². The smallest absolute Gasteiger partial charge is 0.259 e. The number of carbonyl (C=O) groups is 1. The average molecular weight is 358 g/mol. The van der Waals surface area contributed by atoms with E-state index in [1.54, 1.807) is 0 Å². The molecule has 0 aromatic carbocycles. The maximum atomic E-state index is 12.3. The van der Waals surface area contributed by atoms with Gasteiger partial charge in [0.2, 0.25) is 5.88 Å². The molecule has 2 aromatic rings.